The average molecular weight is 230 g/mol. The highest BCUT2D eigenvalue weighted by molar-refractivity contribution is 6.32. The smallest absolute Gasteiger partial charge is 0.341 e. The topological polar surface area (TPSA) is 59.2 Å². The number of nitrogens with one attached hydrogen (secondary N) is 1. The van der Waals surface area contributed by atoms with E-state index in [2.05, 4.69) is 9.72 Å². The summed E-state index contributed by atoms with van der Waals surface area (Å²) in [5, 5.41) is 0.0292. The number of aromatic nitrogens is 1. The Morgan fingerprint density at radius 3 is 2.60 bits per heavy atom. The summed E-state index contributed by atoms with van der Waals surface area (Å²) in [6.07, 6.45) is 0.544. The molecule has 82 valence electrons. The Bertz CT molecular complexity index is 451. The molecule has 0 radical (unpaired) electrons. The van der Waals surface area contributed by atoms with E-state index in [4.69, 9.17) is 11.6 Å². The average Bonchev–Trinajstić information content (AvgIpc) is 2.17. The molecular formula is C10H12ClNO3. The molecule has 0 amide bonds. The van der Waals surface area contributed by atoms with Crippen molar-refractivity contribution in [1.82, 2.24) is 4.98 Å². The van der Waals surface area contributed by atoms with Gasteiger partial charge in [0.2, 0.25) is 0 Å². The molecule has 15 heavy (non-hydrogen) atoms. The lowest BCUT2D eigenvalue weighted by atomic mass is 10.0. The Balaban J connectivity index is 3.52. The maximum Gasteiger partial charge on any atom is 0.341 e. The third-order valence-corrected chi connectivity index (χ3v) is 2.57. The van der Waals surface area contributed by atoms with E-state index in [9.17, 15) is 9.59 Å². The van der Waals surface area contributed by atoms with Crippen LogP contribution in [0.1, 0.15) is 28.4 Å². The van der Waals surface area contributed by atoms with Crippen LogP contribution in [0.3, 0.4) is 0 Å². The van der Waals surface area contributed by atoms with Gasteiger partial charge in [-0.3, -0.25) is 4.79 Å². The van der Waals surface area contributed by atoms with E-state index in [-0.39, 0.29) is 16.3 Å². The van der Waals surface area contributed by atoms with Gasteiger partial charge in [-0.2, -0.15) is 0 Å². The molecule has 0 atom stereocenters. The molecular weight excluding hydrogens is 218 g/mol. The molecule has 0 aliphatic heterocycles. The minimum Gasteiger partial charge on any atom is -0.465 e. The SMILES string of the molecule is CCc1c(C)c(C(=O)OC)c(Cl)[nH]c1=O. The van der Waals surface area contributed by atoms with Crippen LogP contribution in [-0.4, -0.2) is 18.1 Å². The normalized spacial score (nSPS) is 10.1. The van der Waals surface area contributed by atoms with Gasteiger partial charge in [0.05, 0.1) is 12.7 Å². The molecule has 1 N–H and O–H groups in total. The third-order valence-electron chi connectivity index (χ3n) is 2.29. The first-order chi connectivity index (χ1) is 7.02. The summed E-state index contributed by atoms with van der Waals surface area (Å²) in [5.74, 6) is -0.538. The van der Waals surface area contributed by atoms with Crippen molar-refractivity contribution in [2.75, 3.05) is 7.11 Å². The molecule has 0 aromatic carbocycles. The van der Waals surface area contributed by atoms with Gasteiger partial charge in [0.1, 0.15) is 5.15 Å². The minimum absolute atomic E-state index is 0.0292. The van der Waals surface area contributed by atoms with Crippen molar-refractivity contribution in [1.29, 1.82) is 0 Å². The van der Waals surface area contributed by atoms with Crippen LogP contribution in [0, 0.1) is 6.92 Å². The number of pyridine rings is 1. The molecule has 0 unspecified atom stereocenters. The fourth-order valence-corrected chi connectivity index (χ4v) is 1.80. The molecule has 0 aliphatic carbocycles. The number of hydrogen-bond donors (Lipinski definition) is 1. The van der Waals surface area contributed by atoms with Gasteiger partial charge >= 0.3 is 5.97 Å². The summed E-state index contributed by atoms with van der Waals surface area (Å²) in [6, 6.07) is 0. The second-order valence-electron chi connectivity index (χ2n) is 3.09. The maximum absolute atomic E-state index is 11.5. The van der Waals surface area contributed by atoms with Gasteiger partial charge in [0.25, 0.3) is 5.56 Å². The number of hydrogen-bond acceptors (Lipinski definition) is 3. The van der Waals surface area contributed by atoms with Crippen LogP contribution in [0.25, 0.3) is 0 Å². The van der Waals surface area contributed by atoms with E-state index in [1.807, 2.05) is 6.92 Å². The van der Waals surface area contributed by atoms with Crippen molar-refractivity contribution in [2.45, 2.75) is 20.3 Å². The van der Waals surface area contributed by atoms with E-state index >= 15 is 0 Å². The van der Waals surface area contributed by atoms with Crippen molar-refractivity contribution in [2.24, 2.45) is 0 Å². The molecule has 1 heterocycles. The Kier molecular flexibility index (Phi) is 3.52. The van der Waals surface area contributed by atoms with Crippen molar-refractivity contribution in [3.8, 4) is 0 Å². The van der Waals surface area contributed by atoms with Gasteiger partial charge in [0.15, 0.2) is 0 Å². The molecule has 0 spiro atoms. The quantitative estimate of drug-likeness (QED) is 0.620. The molecule has 0 aliphatic rings. The highest BCUT2D eigenvalue weighted by atomic mass is 35.5. The van der Waals surface area contributed by atoms with Crippen LogP contribution >= 0.6 is 11.6 Å². The van der Waals surface area contributed by atoms with E-state index in [1.165, 1.54) is 7.11 Å². The Morgan fingerprint density at radius 2 is 2.13 bits per heavy atom. The lowest BCUT2D eigenvalue weighted by Gasteiger charge is -2.09. The number of carbonyl (C=O) groups is 1. The van der Waals surface area contributed by atoms with E-state index in [0.717, 1.165) is 0 Å². The summed E-state index contributed by atoms with van der Waals surface area (Å²) >= 11 is 5.78. The predicted molar refractivity (Wildman–Crippen MR) is 57.5 cm³/mol. The van der Waals surface area contributed by atoms with Gasteiger partial charge < -0.3 is 9.72 Å². The molecule has 1 aromatic rings. The van der Waals surface area contributed by atoms with Gasteiger partial charge in [-0.15, -0.1) is 0 Å². The lowest BCUT2D eigenvalue weighted by Crippen LogP contribution is -2.19. The third kappa shape index (κ3) is 2.04. The Hall–Kier alpha value is -1.29. The molecule has 0 fully saturated rings. The first-order valence-corrected chi connectivity index (χ1v) is 4.90. The summed E-state index contributed by atoms with van der Waals surface area (Å²) in [5.41, 5.74) is 1.11. The lowest BCUT2D eigenvalue weighted by molar-refractivity contribution is 0.0599. The van der Waals surface area contributed by atoms with Gasteiger partial charge in [-0.05, 0) is 18.9 Å². The van der Waals surface area contributed by atoms with E-state index in [1.54, 1.807) is 6.92 Å². The van der Waals surface area contributed by atoms with Crippen LogP contribution in [0.4, 0.5) is 0 Å². The van der Waals surface area contributed by atoms with Gasteiger partial charge in [-0.1, -0.05) is 18.5 Å². The second kappa shape index (κ2) is 4.49. The standard InChI is InChI=1S/C10H12ClNO3/c1-4-6-5(2)7(10(14)15-3)8(11)12-9(6)13/h4H2,1-3H3,(H,12,13). The monoisotopic (exact) mass is 229 g/mol. The number of methoxy groups -OCH3 is 1. The Morgan fingerprint density at radius 1 is 1.53 bits per heavy atom. The minimum atomic E-state index is -0.538. The molecule has 0 saturated heterocycles. The maximum atomic E-state index is 11.5. The summed E-state index contributed by atoms with van der Waals surface area (Å²) in [6.45, 7) is 3.53. The number of rotatable bonds is 2. The zero-order valence-corrected chi connectivity index (χ0v) is 9.57. The summed E-state index contributed by atoms with van der Waals surface area (Å²) in [4.78, 5) is 25.3. The molecule has 0 bridgehead atoms. The van der Waals surface area contributed by atoms with Crippen LogP contribution in [-0.2, 0) is 11.2 Å². The molecule has 5 heteroatoms. The molecule has 1 rings (SSSR count). The number of H-pyrrole nitrogens is 1. The van der Waals surface area contributed by atoms with E-state index < -0.39 is 5.97 Å². The first-order valence-electron chi connectivity index (χ1n) is 4.52. The van der Waals surface area contributed by atoms with Crippen LogP contribution in [0.5, 0.6) is 0 Å². The van der Waals surface area contributed by atoms with Gasteiger partial charge in [0, 0.05) is 5.56 Å². The van der Waals surface area contributed by atoms with Crippen LogP contribution in [0.2, 0.25) is 5.15 Å². The number of halogens is 1. The number of carbonyl (C=O) groups excluding carboxylic acids is 1. The van der Waals surface area contributed by atoms with Crippen molar-refractivity contribution in [3.63, 3.8) is 0 Å². The van der Waals surface area contributed by atoms with Crippen molar-refractivity contribution in [3.05, 3.63) is 32.2 Å². The number of ether oxygens (including phenoxy) is 1. The number of aromatic amines is 1. The van der Waals surface area contributed by atoms with E-state index in [0.29, 0.717) is 17.5 Å². The number of esters is 1. The molecule has 4 nitrogen and oxygen atoms in total. The zero-order chi connectivity index (χ0) is 11.6. The highest BCUT2D eigenvalue weighted by Gasteiger charge is 2.18. The van der Waals surface area contributed by atoms with Crippen molar-refractivity contribution >= 4 is 17.6 Å². The summed E-state index contributed by atoms with van der Waals surface area (Å²) in [7, 11) is 1.27. The molecule has 0 saturated carbocycles. The summed E-state index contributed by atoms with van der Waals surface area (Å²) < 4.78 is 4.59. The van der Waals surface area contributed by atoms with Crippen molar-refractivity contribution < 1.29 is 9.53 Å². The fourth-order valence-electron chi connectivity index (χ4n) is 1.49. The molecule has 1 aromatic heterocycles. The van der Waals surface area contributed by atoms with Gasteiger partial charge in [-0.25, -0.2) is 4.79 Å². The highest BCUT2D eigenvalue weighted by Crippen LogP contribution is 2.19. The van der Waals surface area contributed by atoms with Crippen LogP contribution < -0.4 is 5.56 Å². The largest absolute Gasteiger partial charge is 0.465 e. The Labute approximate surface area is 92.2 Å². The predicted octanol–water partition coefficient (Wildman–Crippen LogP) is 1.69. The fraction of sp³-hybridized carbons (Fsp3) is 0.400. The zero-order valence-electron chi connectivity index (χ0n) is 8.81. The first kappa shape index (κ1) is 11.8. The van der Waals surface area contributed by atoms with Crippen LogP contribution in [0.15, 0.2) is 4.79 Å². The second-order valence-corrected chi connectivity index (χ2v) is 3.47.